The highest BCUT2D eigenvalue weighted by atomic mass is 19.1. The molecule has 1 aliphatic carbocycles. The topological polar surface area (TPSA) is 113 Å². The Morgan fingerprint density at radius 1 is 1.00 bits per heavy atom. The van der Waals surface area contributed by atoms with Crippen LogP contribution in [0.15, 0.2) is 55.2 Å². The van der Waals surface area contributed by atoms with Gasteiger partial charge in [0.2, 0.25) is 5.88 Å². The zero-order valence-electron chi connectivity index (χ0n) is 22.6. The lowest BCUT2D eigenvalue weighted by Gasteiger charge is -2.24. The van der Waals surface area contributed by atoms with Crippen LogP contribution in [0.4, 0.5) is 10.2 Å². The van der Waals surface area contributed by atoms with Gasteiger partial charge in [-0.1, -0.05) is 24.3 Å². The second-order valence-electron chi connectivity index (χ2n) is 10.4. The molecule has 0 bridgehead atoms. The van der Waals surface area contributed by atoms with Crippen LogP contribution in [-0.4, -0.2) is 48.2 Å². The Balaban J connectivity index is 1.26. The number of aromatic nitrogens is 7. The van der Waals surface area contributed by atoms with Crippen molar-refractivity contribution >= 4 is 17.0 Å². The van der Waals surface area contributed by atoms with Crippen molar-refractivity contribution < 1.29 is 13.9 Å². The molecule has 2 fully saturated rings. The number of pyridine rings is 1. The molecule has 1 unspecified atom stereocenters. The van der Waals surface area contributed by atoms with Gasteiger partial charge >= 0.3 is 0 Å². The highest BCUT2D eigenvalue weighted by molar-refractivity contribution is 5.86. The largest absolute Gasteiger partial charge is 0.480 e. The number of hydrogen-bond acceptors (Lipinski definition) is 9. The van der Waals surface area contributed by atoms with Crippen molar-refractivity contribution in [2.24, 2.45) is 0 Å². The first-order valence-electron chi connectivity index (χ1n) is 13.9. The summed E-state index contributed by atoms with van der Waals surface area (Å²) in [6.07, 6.45) is 9.59. The lowest BCUT2D eigenvalue weighted by Crippen LogP contribution is -2.18. The van der Waals surface area contributed by atoms with Gasteiger partial charge in [0.1, 0.15) is 23.9 Å². The van der Waals surface area contributed by atoms with Crippen molar-refractivity contribution in [2.45, 2.75) is 50.8 Å². The molecule has 11 heteroatoms. The number of rotatable bonds is 8. The van der Waals surface area contributed by atoms with E-state index in [0.29, 0.717) is 53.4 Å². The molecule has 0 radical (unpaired) electrons. The highest BCUT2D eigenvalue weighted by Crippen LogP contribution is 2.45. The van der Waals surface area contributed by atoms with Gasteiger partial charge in [0.05, 0.1) is 31.0 Å². The van der Waals surface area contributed by atoms with Gasteiger partial charge in [0, 0.05) is 24.6 Å². The fourth-order valence-electron chi connectivity index (χ4n) is 5.24. The van der Waals surface area contributed by atoms with Crippen molar-refractivity contribution in [2.75, 3.05) is 19.0 Å². The Kier molecular flexibility index (Phi) is 6.71. The molecule has 1 atom stereocenters. The number of halogens is 1. The Hall–Kier alpha value is -4.51. The number of fused-ring (bicyclic) bond motifs is 1. The van der Waals surface area contributed by atoms with E-state index >= 15 is 0 Å². The van der Waals surface area contributed by atoms with Gasteiger partial charge in [-0.3, -0.25) is 9.55 Å². The van der Waals surface area contributed by atoms with Crippen LogP contribution in [-0.2, 0) is 11.3 Å². The smallest absolute Gasteiger partial charge is 0.227 e. The first-order valence-corrected chi connectivity index (χ1v) is 13.9. The van der Waals surface area contributed by atoms with Crippen molar-refractivity contribution in [1.29, 1.82) is 0 Å². The molecule has 7 rings (SSSR count). The molecule has 10 nitrogen and oxygen atoms in total. The number of imidazole rings is 1. The second-order valence-corrected chi connectivity index (χ2v) is 10.4. The zero-order valence-corrected chi connectivity index (χ0v) is 22.6. The molecular formula is C30H29FN8O2. The Morgan fingerprint density at radius 3 is 2.61 bits per heavy atom. The number of ether oxygens (including phenoxy) is 2. The van der Waals surface area contributed by atoms with Crippen LogP contribution in [0.2, 0.25) is 0 Å². The lowest BCUT2D eigenvalue weighted by molar-refractivity contribution is -0.0298. The third-order valence-electron chi connectivity index (χ3n) is 7.55. The van der Waals surface area contributed by atoms with E-state index in [-0.39, 0.29) is 12.0 Å². The molecule has 2 aliphatic rings. The zero-order chi connectivity index (χ0) is 27.8. The number of hydrogen-bond donors (Lipinski definition) is 1. The molecule has 208 valence electrons. The summed E-state index contributed by atoms with van der Waals surface area (Å²) in [6.45, 7) is 1.22. The van der Waals surface area contributed by atoms with Gasteiger partial charge in [-0.25, -0.2) is 29.3 Å². The van der Waals surface area contributed by atoms with Crippen molar-refractivity contribution in [3.8, 4) is 28.5 Å². The molecule has 0 amide bonds. The van der Waals surface area contributed by atoms with E-state index in [9.17, 15) is 4.39 Å². The van der Waals surface area contributed by atoms with Crippen LogP contribution >= 0.6 is 0 Å². The number of anilines is 1. The summed E-state index contributed by atoms with van der Waals surface area (Å²) in [5.41, 5.74) is 5.65. The fraction of sp³-hybridized carbons (Fsp3) is 0.333. The summed E-state index contributed by atoms with van der Waals surface area (Å²) in [5, 5.41) is 3.48. The Morgan fingerprint density at radius 2 is 1.88 bits per heavy atom. The molecule has 1 aliphatic heterocycles. The van der Waals surface area contributed by atoms with Crippen LogP contribution < -0.4 is 10.1 Å². The van der Waals surface area contributed by atoms with E-state index in [1.807, 2.05) is 28.8 Å². The molecule has 1 saturated heterocycles. The van der Waals surface area contributed by atoms with E-state index in [1.165, 1.54) is 12.3 Å². The maximum Gasteiger partial charge on any atom is 0.227 e. The van der Waals surface area contributed by atoms with Crippen molar-refractivity contribution in [1.82, 2.24) is 34.5 Å². The molecular weight excluding hydrogens is 523 g/mol. The van der Waals surface area contributed by atoms with Gasteiger partial charge in [-0.2, -0.15) is 0 Å². The average Bonchev–Trinajstić information content (AvgIpc) is 3.79. The average molecular weight is 553 g/mol. The molecule has 5 aromatic rings. The van der Waals surface area contributed by atoms with Gasteiger partial charge in [-0.05, 0) is 49.8 Å². The normalized spacial score (nSPS) is 17.1. The van der Waals surface area contributed by atoms with Gasteiger partial charge < -0.3 is 14.8 Å². The lowest BCUT2D eigenvalue weighted by atomic mass is 10.1. The molecule has 0 spiro atoms. The monoisotopic (exact) mass is 552 g/mol. The van der Waals surface area contributed by atoms with Crippen LogP contribution in [0.5, 0.6) is 5.88 Å². The summed E-state index contributed by atoms with van der Waals surface area (Å²) < 4.78 is 27.0. The van der Waals surface area contributed by atoms with Crippen LogP contribution in [0, 0.1) is 5.82 Å². The Labute approximate surface area is 236 Å². The van der Waals surface area contributed by atoms with E-state index in [4.69, 9.17) is 24.4 Å². The Bertz CT molecular complexity index is 1680. The van der Waals surface area contributed by atoms with Gasteiger partial charge in [0.15, 0.2) is 22.8 Å². The molecule has 1 aromatic carbocycles. The first kappa shape index (κ1) is 25.5. The van der Waals surface area contributed by atoms with Crippen LogP contribution in [0.25, 0.3) is 33.8 Å². The quantitative estimate of drug-likeness (QED) is 0.260. The number of benzene rings is 1. The van der Waals surface area contributed by atoms with Crippen molar-refractivity contribution in [3.05, 3.63) is 72.3 Å². The highest BCUT2D eigenvalue weighted by Gasteiger charge is 2.32. The van der Waals surface area contributed by atoms with Crippen molar-refractivity contribution in [3.63, 3.8) is 0 Å². The summed E-state index contributed by atoms with van der Waals surface area (Å²) in [6, 6.07) is 11.1. The second kappa shape index (κ2) is 10.8. The third kappa shape index (κ3) is 5.08. The summed E-state index contributed by atoms with van der Waals surface area (Å²) in [7, 11) is 1.60. The summed E-state index contributed by atoms with van der Waals surface area (Å²) >= 11 is 0. The van der Waals surface area contributed by atoms with E-state index < -0.39 is 0 Å². The van der Waals surface area contributed by atoms with Gasteiger partial charge in [0.25, 0.3) is 0 Å². The SMILES string of the molecule is COc1ncnc(C2CC2)c1-c1nc(NCc2ccc(-c3ccc(F)cn3)cc2)c2ncn(C3CCCCO3)c2n1. The minimum absolute atomic E-state index is 0.131. The predicted octanol–water partition coefficient (Wildman–Crippen LogP) is 5.68. The van der Waals surface area contributed by atoms with E-state index in [2.05, 4.69) is 20.3 Å². The minimum atomic E-state index is -0.355. The maximum absolute atomic E-state index is 13.3. The number of nitrogens with one attached hydrogen (secondary N) is 1. The maximum atomic E-state index is 13.3. The molecule has 5 heterocycles. The number of nitrogens with zero attached hydrogens (tertiary/aromatic N) is 7. The molecule has 1 saturated carbocycles. The standard InChI is InChI=1S/C30H29FN8O2/c1-40-30-24(25(20-9-10-20)34-16-35-30)27-37-28(26-29(38-27)39(17-36-26)23-4-2-3-13-41-23)33-14-18-5-7-19(8-6-18)22-12-11-21(31)15-32-22/h5-8,11-12,15-17,20,23H,2-4,9-10,13-14H2,1H3,(H,33,37,38). The molecule has 41 heavy (non-hydrogen) atoms. The predicted molar refractivity (Wildman–Crippen MR) is 151 cm³/mol. The molecule has 4 aromatic heterocycles. The minimum Gasteiger partial charge on any atom is -0.480 e. The van der Waals surface area contributed by atoms with E-state index in [1.54, 1.807) is 25.8 Å². The fourth-order valence-corrected chi connectivity index (χ4v) is 5.24. The summed E-state index contributed by atoms with van der Waals surface area (Å²) in [5.74, 6) is 1.55. The van der Waals surface area contributed by atoms with Gasteiger partial charge in [-0.15, -0.1) is 0 Å². The van der Waals surface area contributed by atoms with Crippen LogP contribution in [0.3, 0.4) is 0 Å². The first-order chi connectivity index (χ1) is 20.2. The number of methoxy groups -OCH3 is 1. The molecule has 1 N–H and O–H groups in total. The third-order valence-corrected chi connectivity index (χ3v) is 7.55. The summed E-state index contributed by atoms with van der Waals surface area (Å²) in [4.78, 5) is 27.8. The van der Waals surface area contributed by atoms with E-state index in [0.717, 1.165) is 54.5 Å². The van der Waals surface area contributed by atoms with Crippen LogP contribution in [0.1, 0.15) is 55.5 Å².